The summed E-state index contributed by atoms with van der Waals surface area (Å²) in [6.45, 7) is 2.31. The highest BCUT2D eigenvalue weighted by Crippen LogP contribution is 2.23. The van der Waals surface area contributed by atoms with Gasteiger partial charge in [0.1, 0.15) is 11.6 Å². The molecule has 0 aliphatic heterocycles. The molecule has 222 valence electrons. The first-order valence-corrected chi connectivity index (χ1v) is 12.8. The first kappa shape index (κ1) is 31.8. The topological polar surface area (TPSA) is 117 Å². The lowest BCUT2D eigenvalue weighted by Crippen LogP contribution is -2.49. The van der Waals surface area contributed by atoms with E-state index in [4.69, 9.17) is 0 Å². The van der Waals surface area contributed by atoms with Gasteiger partial charge in [0.15, 0.2) is 29.1 Å². The van der Waals surface area contributed by atoms with E-state index in [2.05, 4.69) is 15.6 Å². The van der Waals surface area contributed by atoms with Crippen LogP contribution in [0.15, 0.2) is 48.7 Å². The minimum atomic E-state index is -2.43. The van der Waals surface area contributed by atoms with Crippen LogP contribution < -0.4 is 16.0 Å². The molecular weight excluding hydrogens is 563 g/mol. The predicted octanol–water partition coefficient (Wildman–Crippen LogP) is 3.63. The maximum Gasteiger partial charge on any atom is 0.258 e. The molecule has 0 saturated heterocycles. The zero-order valence-corrected chi connectivity index (χ0v) is 22.6. The molecule has 3 rings (SSSR count). The summed E-state index contributed by atoms with van der Waals surface area (Å²) in [5, 5.41) is 6.66. The average Bonchev–Trinajstić information content (AvgIpc) is 2.96. The third-order valence-electron chi connectivity index (χ3n) is 5.96. The van der Waals surface area contributed by atoms with Crippen LogP contribution in [-0.4, -0.2) is 47.6 Å². The first-order chi connectivity index (χ1) is 19.9. The Morgan fingerprint density at radius 2 is 1.45 bits per heavy atom. The molecule has 0 radical (unpaired) electrons. The number of nitrogens with one attached hydrogen (secondary N) is 3. The van der Waals surface area contributed by atoms with Gasteiger partial charge in [-0.3, -0.25) is 24.2 Å². The molecule has 0 unspecified atom stereocenters. The summed E-state index contributed by atoms with van der Waals surface area (Å²) >= 11 is 0. The number of pyridine rings is 1. The van der Waals surface area contributed by atoms with Gasteiger partial charge in [0.2, 0.25) is 17.6 Å². The van der Waals surface area contributed by atoms with Crippen LogP contribution >= 0.6 is 0 Å². The van der Waals surface area contributed by atoms with Crippen molar-refractivity contribution in [2.75, 3.05) is 13.1 Å². The van der Waals surface area contributed by atoms with Gasteiger partial charge in [0.05, 0.1) is 25.2 Å². The van der Waals surface area contributed by atoms with Crippen LogP contribution in [0, 0.1) is 35.0 Å². The number of Topliss-reactive ketones (excluding diaryl/α,β-unsaturated/α-hetero) is 1. The molecule has 0 aliphatic carbocycles. The van der Waals surface area contributed by atoms with Crippen molar-refractivity contribution in [3.8, 4) is 11.3 Å². The van der Waals surface area contributed by atoms with Gasteiger partial charge in [-0.2, -0.15) is 0 Å². The molecule has 2 aromatic carbocycles. The Balaban J connectivity index is 1.55. The molecule has 8 nitrogen and oxygen atoms in total. The molecule has 1 atom stereocenters. The second-order valence-corrected chi connectivity index (χ2v) is 9.73. The Hall–Kier alpha value is -4.68. The van der Waals surface area contributed by atoms with E-state index in [9.17, 15) is 41.1 Å². The van der Waals surface area contributed by atoms with Crippen molar-refractivity contribution in [2.24, 2.45) is 5.92 Å². The Labute approximate surface area is 237 Å². The smallest absolute Gasteiger partial charge is 0.258 e. The molecule has 1 heterocycles. The van der Waals surface area contributed by atoms with E-state index < -0.39 is 77.3 Å². The summed E-state index contributed by atoms with van der Waals surface area (Å²) in [5.41, 5.74) is 0.475. The molecule has 0 fully saturated rings. The van der Waals surface area contributed by atoms with Gasteiger partial charge >= 0.3 is 0 Å². The van der Waals surface area contributed by atoms with Gasteiger partial charge in [-0.15, -0.1) is 0 Å². The lowest BCUT2D eigenvalue weighted by molar-refractivity contribution is -0.127. The standard InChI is InChI=1S/C29H27F5N4O4/c1-15(2)10-20(38-29(42)22-23(30)25(32)27(34)26(33)24(22)31)28(41)37-14-18(39)13-36-21(40)12-16-6-5-7-17(11-16)19-8-3-4-9-35-19/h3-9,11,15,20H,10,12-14H2,1-2H3,(H,36,40)(H,37,41)(H,38,42)/t20-/m0/s1. The van der Waals surface area contributed by atoms with Crippen molar-refractivity contribution in [1.29, 1.82) is 0 Å². The van der Waals surface area contributed by atoms with E-state index >= 15 is 0 Å². The SMILES string of the molecule is CC(C)C[C@H](NC(=O)c1c(F)c(F)c(F)c(F)c1F)C(=O)NCC(=O)CNC(=O)Cc1cccc(-c2ccccn2)c1. The highest BCUT2D eigenvalue weighted by atomic mass is 19.2. The van der Waals surface area contributed by atoms with E-state index in [-0.39, 0.29) is 18.8 Å². The Kier molecular flexibility index (Phi) is 10.8. The van der Waals surface area contributed by atoms with Gasteiger partial charge in [-0.25, -0.2) is 22.0 Å². The summed E-state index contributed by atoms with van der Waals surface area (Å²) in [7, 11) is 0. The van der Waals surface area contributed by atoms with Crippen LogP contribution in [0.25, 0.3) is 11.3 Å². The van der Waals surface area contributed by atoms with Crippen LogP contribution in [0.4, 0.5) is 22.0 Å². The summed E-state index contributed by atoms with van der Waals surface area (Å²) in [4.78, 5) is 54.0. The summed E-state index contributed by atoms with van der Waals surface area (Å²) in [5.74, 6) is -15.7. The highest BCUT2D eigenvalue weighted by molar-refractivity contribution is 5.99. The van der Waals surface area contributed by atoms with E-state index in [1.54, 1.807) is 44.3 Å². The maximum absolute atomic E-state index is 14.0. The summed E-state index contributed by atoms with van der Waals surface area (Å²) in [6.07, 6.45) is 1.53. The Morgan fingerprint density at radius 1 is 0.810 bits per heavy atom. The third-order valence-corrected chi connectivity index (χ3v) is 5.96. The number of hydrogen-bond acceptors (Lipinski definition) is 5. The minimum Gasteiger partial charge on any atom is -0.349 e. The van der Waals surface area contributed by atoms with Gasteiger partial charge in [-0.1, -0.05) is 38.1 Å². The normalized spacial score (nSPS) is 11.6. The Bertz CT molecular complexity index is 1460. The lowest BCUT2D eigenvalue weighted by Gasteiger charge is -2.20. The molecule has 0 bridgehead atoms. The number of nitrogens with zero attached hydrogens (tertiary/aromatic N) is 1. The van der Waals surface area contributed by atoms with Gasteiger partial charge in [0, 0.05) is 11.8 Å². The number of ketones is 1. The van der Waals surface area contributed by atoms with Gasteiger partial charge in [0.25, 0.3) is 5.91 Å². The van der Waals surface area contributed by atoms with E-state index in [1.165, 1.54) is 0 Å². The number of benzene rings is 2. The van der Waals surface area contributed by atoms with Crippen LogP contribution in [0.2, 0.25) is 0 Å². The van der Waals surface area contributed by atoms with Crippen molar-refractivity contribution < 1.29 is 41.1 Å². The molecule has 42 heavy (non-hydrogen) atoms. The van der Waals surface area contributed by atoms with Crippen molar-refractivity contribution in [3.05, 3.63) is 88.9 Å². The quantitative estimate of drug-likeness (QED) is 0.169. The van der Waals surface area contributed by atoms with Crippen molar-refractivity contribution in [1.82, 2.24) is 20.9 Å². The number of rotatable bonds is 12. The fraction of sp³-hybridized carbons (Fsp3) is 0.276. The maximum atomic E-state index is 14.0. The van der Waals surface area contributed by atoms with Crippen LogP contribution in [0.5, 0.6) is 0 Å². The number of carbonyl (C=O) groups excluding carboxylic acids is 4. The van der Waals surface area contributed by atoms with Crippen molar-refractivity contribution in [3.63, 3.8) is 0 Å². The lowest BCUT2D eigenvalue weighted by atomic mass is 10.0. The average molecular weight is 591 g/mol. The fourth-order valence-electron chi connectivity index (χ4n) is 3.93. The second-order valence-electron chi connectivity index (χ2n) is 9.73. The first-order valence-electron chi connectivity index (χ1n) is 12.8. The molecule has 3 aromatic rings. The monoisotopic (exact) mass is 590 g/mol. The van der Waals surface area contributed by atoms with E-state index in [0.717, 1.165) is 11.3 Å². The molecule has 0 aliphatic rings. The number of halogens is 5. The Morgan fingerprint density at radius 3 is 2.07 bits per heavy atom. The third kappa shape index (κ3) is 8.18. The number of amides is 3. The fourth-order valence-corrected chi connectivity index (χ4v) is 3.93. The van der Waals surface area contributed by atoms with Crippen LogP contribution in [0.3, 0.4) is 0 Å². The van der Waals surface area contributed by atoms with Crippen molar-refractivity contribution >= 4 is 23.5 Å². The molecule has 13 heteroatoms. The molecular formula is C29H27F5N4O4. The minimum absolute atomic E-state index is 0.0273. The zero-order chi connectivity index (χ0) is 31.0. The second kappa shape index (κ2) is 14.3. The molecule has 3 amide bonds. The number of hydrogen-bond donors (Lipinski definition) is 3. The van der Waals surface area contributed by atoms with Crippen LogP contribution in [0.1, 0.15) is 36.2 Å². The van der Waals surface area contributed by atoms with Crippen molar-refractivity contribution in [2.45, 2.75) is 32.7 Å². The zero-order valence-electron chi connectivity index (χ0n) is 22.6. The summed E-state index contributed by atoms with van der Waals surface area (Å²) < 4.78 is 68.5. The highest BCUT2D eigenvalue weighted by Gasteiger charge is 2.32. The van der Waals surface area contributed by atoms with E-state index in [0.29, 0.717) is 5.56 Å². The molecule has 1 aromatic heterocycles. The summed E-state index contributed by atoms with van der Waals surface area (Å²) in [6, 6.07) is 11.1. The van der Waals surface area contributed by atoms with Crippen LogP contribution in [-0.2, 0) is 20.8 Å². The number of aromatic nitrogens is 1. The van der Waals surface area contributed by atoms with E-state index in [1.807, 2.05) is 23.5 Å². The molecule has 0 saturated carbocycles. The predicted molar refractivity (Wildman–Crippen MR) is 141 cm³/mol. The van der Waals surface area contributed by atoms with Gasteiger partial charge in [-0.05, 0) is 36.1 Å². The molecule has 3 N–H and O–H groups in total. The molecule has 0 spiro atoms. The van der Waals surface area contributed by atoms with Gasteiger partial charge < -0.3 is 16.0 Å². The number of carbonyl (C=O) groups is 4. The largest absolute Gasteiger partial charge is 0.349 e.